The first-order valence-electron chi connectivity index (χ1n) is 7.71. The van der Waals surface area contributed by atoms with Crippen LogP contribution in [0.1, 0.15) is 65.4 Å². The predicted molar refractivity (Wildman–Crippen MR) is 83.5 cm³/mol. The minimum atomic E-state index is 0.361. The van der Waals surface area contributed by atoms with Crippen molar-refractivity contribution in [1.82, 2.24) is 0 Å². The summed E-state index contributed by atoms with van der Waals surface area (Å²) in [6, 6.07) is 7.61. The van der Waals surface area contributed by atoms with Gasteiger partial charge in [-0.3, -0.25) is 0 Å². The zero-order chi connectivity index (χ0) is 14.3. The van der Waals surface area contributed by atoms with Crippen LogP contribution in [0.4, 0.5) is 0 Å². The van der Waals surface area contributed by atoms with Gasteiger partial charge in [-0.05, 0) is 48.3 Å². The summed E-state index contributed by atoms with van der Waals surface area (Å²) in [7, 11) is 0. The number of aromatic hydroxyl groups is 1. The highest BCUT2D eigenvalue weighted by Crippen LogP contribution is 2.32. The van der Waals surface area contributed by atoms with Crippen LogP contribution in [0.25, 0.3) is 0 Å². The average molecular weight is 262 g/mol. The van der Waals surface area contributed by atoms with E-state index in [-0.39, 0.29) is 0 Å². The second kappa shape index (κ2) is 7.57. The first-order valence-corrected chi connectivity index (χ1v) is 7.71. The van der Waals surface area contributed by atoms with E-state index in [4.69, 9.17) is 0 Å². The van der Waals surface area contributed by atoms with E-state index < -0.39 is 0 Å². The van der Waals surface area contributed by atoms with E-state index in [2.05, 4.69) is 27.7 Å². The highest BCUT2D eigenvalue weighted by Gasteiger charge is 2.21. The smallest absolute Gasteiger partial charge is 0.115 e. The number of phenolic OH excluding ortho intramolecular Hbond substituents is 1. The van der Waals surface area contributed by atoms with Crippen molar-refractivity contribution in [2.24, 2.45) is 11.3 Å². The van der Waals surface area contributed by atoms with Gasteiger partial charge in [0, 0.05) is 0 Å². The van der Waals surface area contributed by atoms with E-state index in [9.17, 15) is 5.11 Å². The van der Waals surface area contributed by atoms with E-state index in [0.29, 0.717) is 11.2 Å². The first kappa shape index (κ1) is 16.1. The standard InChI is InChI=1S/C18H30O/c1-5-16(18(2,3)4)10-8-6-7-9-15-11-13-17(19)14-12-15/h11-14,16,19H,5-10H2,1-4H3. The lowest BCUT2D eigenvalue weighted by Gasteiger charge is -2.29. The fourth-order valence-electron chi connectivity index (χ4n) is 2.81. The Bertz CT molecular complexity index is 345. The molecule has 1 heteroatoms. The molecule has 0 saturated carbocycles. The van der Waals surface area contributed by atoms with Crippen molar-refractivity contribution >= 4 is 0 Å². The van der Waals surface area contributed by atoms with Crippen LogP contribution < -0.4 is 0 Å². The van der Waals surface area contributed by atoms with E-state index in [0.717, 1.165) is 12.3 Å². The summed E-state index contributed by atoms with van der Waals surface area (Å²) >= 11 is 0. The molecule has 1 unspecified atom stereocenters. The molecule has 0 radical (unpaired) electrons. The third-order valence-corrected chi connectivity index (χ3v) is 4.17. The Morgan fingerprint density at radius 2 is 1.63 bits per heavy atom. The van der Waals surface area contributed by atoms with Gasteiger partial charge in [0.15, 0.2) is 0 Å². The summed E-state index contributed by atoms with van der Waals surface area (Å²) < 4.78 is 0. The normalized spacial score (nSPS) is 13.5. The molecule has 108 valence electrons. The van der Waals surface area contributed by atoms with Crippen LogP contribution in [-0.4, -0.2) is 5.11 Å². The zero-order valence-corrected chi connectivity index (χ0v) is 13.1. The largest absolute Gasteiger partial charge is 0.508 e. The Labute approximate surface area is 119 Å². The summed E-state index contributed by atoms with van der Waals surface area (Å²) in [4.78, 5) is 0. The van der Waals surface area contributed by atoms with Gasteiger partial charge in [0.25, 0.3) is 0 Å². The zero-order valence-electron chi connectivity index (χ0n) is 13.1. The fraction of sp³-hybridized carbons (Fsp3) is 0.667. The molecule has 0 amide bonds. The third kappa shape index (κ3) is 6.13. The third-order valence-electron chi connectivity index (χ3n) is 4.17. The number of phenols is 1. The van der Waals surface area contributed by atoms with Gasteiger partial charge in [-0.25, -0.2) is 0 Å². The minimum Gasteiger partial charge on any atom is -0.508 e. The molecule has 0 spiro atoms. The number of unbranched alkanes of at least 4 members (excludes halogenated alkanes) is 2. The number of rotatable bonds is 7. The maximum Gasteiger partial charge on any atom is 0.115 e. The first-order chi connectivity index (χ1) is 8.93. The van der Waals surface area contributed by atoms with Crippen molar-refractivity contribution in [3.05, 3.63) is 29.8 Å². The average Bonchev–Trinajstić information content (AvgIpc) is 2.34. The number of hydrogen-bond acceptors (Lipinski definition) is 1. The molecule has 0 aromatic heterocycles. The Kier molecular flexibility index (Phi) is 6.41. The second-order valence-electron chi connectivity index (χ2n) is 6.74. The Morgan fingerprint density at radius 3 is 2.16 bits per heavy atom. The number of hydrogen-bond donors (Lipinski definition) is 1. The second-order valence-corrected chi connectivity index (χ2v) is 6.74. The molecule has 1 nitrogen and oxygen atoms in total. The van der Waals surface area contributed by atoms with Crippen LogP contribution in [0.2, 0.25) is 0 Å². The van der Waals surface area contributed by atoms with Crippen LogP contribution in [-0.2, 0) is 6.42 Å². The molecule has 1 aromatic rings. The molecule has 0 fully saturated rings. The van der Waals surface area contributed by atoms with Crippen molar-refractivity contribution in [2.75, 3.05) is 0 Å². The highest BCUT2D eigenvalue weighted by atomic mass is 16.3. The molecule has 0 heterocycles. The van der Waals surface area contributed by atoms with Gasteiger partial charge in [-0.1, -0.05) is 59.1 Å². The van der Waals surface area contributed by atoms with Crippen LogP contribution in [0, 0.1) is 11.3 Å². The summed E-state index contributed by atoms with van der Waals surface area (Å²) in [5.74, 6) is 1.21. The van der Waals surface area contributed by atoms with Gasteiger partial charge in [0.05, 0.1) is 0 Å². The lowest BCUT2D eigenvalue weighted by atomic mass is 9.76. The molecule has 1 N–H and O–H groups in total. The number of aryl methyl sites for hydroxylation is 1. The van der Waals surface area contributed by atoms with Crippen LogP contribution in [0.15, 0.2) is 24.3 Å². The van der Waals surface area contributed by atoms with Gasteiger partial charge in [-0.2, -0.15) is 0 Å². The highest BCUT2D eigenvalue weighted by molar-refractivity contribution is 5.25. The molecule has 0 aliphatic rings. The quantitative estimate of drug-likeness (QED) is 0.637. The van der Waals surface area contributed by atoms with Gasteiger partial charge < -0.3 is 5.11 Å². The van der Waals surface area contributed by atoms with Crippen LogP contribution in [0.3, 0.4) is 0 Å². The summed E-state index contributed by atoms with van der Waals surface area (Å²) in [6.45, 7) is 9.39. The topological polar surface area (TPSA) is 20.2 Å². The van der Waals surface area contributed by atoms with Gasteiger partial charge >= 0.3 is 0 Å². The van der Waals surface area contributed by atoms with Crippen molar-refractivity contribution < 1.29 is 5.11 Å². The fourth-order valence-corrected chi connectivity index (χ4v) is 2.81. The van der Waals surface area contributed by atoms with Crippen molar-refractivity contribution in [1.29, 1.82) is 0 Å². The van der Waals surface area contributed by atoms with Gasteiger partial charge in [0.1, 0.15) is 5.75 Å². The summed E-state index contributed by atoms with van der Waals surface area (Å²) in [5.41, 5.74) is 1.78. The maximum atomic E-state index is 9.23. The van der Waals surface area contributed by atoms with E-state index in [1.165, 1.54) is 37.7 Å². The molecule has 0 aliphatic heterocycles. The molecule has 1 atom stereocenters. The molecule has 19 heavy (non-hydrogen) atoms. The Morgan fingerprint density at radius 1 is 1.00 bits per heavy atom. The lowest BCUT2D eigenvalue weighted by Crippen LogP contribution is -2.19. The minimum absolute atomic E-state index is 0.361. The molecule has 0 bridgehead atoms. The molecular weight excluding hydrogens is 232 g/mol. The monoisotopic (exact) mass is 262 g/mol. The summed E-state index contributed by atoms with van der Waals surface area (Å²) in [6.07, 6.45) is 7.69. The molecular formula is C18H30O. The lowest BCUT2D eigenvalue weighted by molar-refractivity contribution is 0.213. The Hall–Kier alpha value is -0.980. The molecule has 1 rings (SSSR count). The molecule has 1 aromatic carbocycles. The van der Waals surface area contributed by atoms with Crippen LogP contribution in [0.5, 0.6) is 5.75 Å². The molecule has 0 saturated heterocycles. The maximum absolute atomic E-state index is 9.23. The Balaban J connectivity index is 2.19. The summed E-state index contributed by atoms with van der Waals surface area (Å²) in [5, 5.41) is 9.23. The van der Waals surface area contributed by atoms with Gasteiger partial charge in [-0.15, -0.1) is 0 Å². The van der Waals surface area contributed by atoms with Gasteiger partial charge in [0.2, 0.25) is 0 Å². The predicted octanol–water partition coefficient (Wildman–Crippen LogP) is 5.57. The van der Waals surface area contributed by atoms with Crippen molar-refractivity contribution in [3.63, 3.8) is 0 Å². The van der Waals surface area contributed by atoms with Crippen molar-refractivity contribution in [2.45, 2.75) is 66.2 Å². The SMILES string of the molecule is CCC(CCCCCc1ccc(O)cc1)C(C)(C)C. The molecule has 0 aliphatic carbocycles. The van der Waals surface area contributed by atoms with Crippen LogP contribution >= 0.6 is 0 Å². The number of benzene rings is 1. The van der Waals surface area contributed by atoms with E-state index >= 15 is 0 Å². The van der Waals surface area contributed by atoms with Crippen molar-refractivity contribution in [3.8, 4) is 5.75 Å². The van der Waals surface area contributed by atoms with E-state index in [1.54, 1.807) is 12.1 Å². The van der Waals surface area contributed by atoms with E-state index in [1.807, 2.05) is 12.1 Å².